The molecule has 1 N–H and O–H groups in total. The van der Waals surface area contributed by atoms with E-state index in [1.54, 1.807) is 6.07 Å². The normalized spacial score (nSPS) is 15.0. The lowest BCUT2D eigenvalue weighted by Gasteiger charge is -2.01. The monoisotopic (exact) mass is 281 g/mol. The van der Waals surface area contributed by atoms with E-state index in [1.165, 1.54) is 12.8 Å². The van der Waals surface area contributed by atoms with E-state index in [4.69, 9.17) is 27.6 Å². The summed E-state index contributed by atoms with van der Waals surface area (Å²) in [5.41, 5.74) is 0.946. The summed E-state index contributed by atoms with van der Waals surface area (Å²) in [7, 11) is 0. The Morgan fingerprint density at radius 2 is 1.94 bits per heavy atom. The quantitative estimate of drug-likeness (QED) is 0.892. The second-order valence-electron chi connectivity index (χ2n) is 4.55. The van der Waals surface area contributed by atoms with Crippen LogP contribution in [0, 0.1) is 0 Å². The van der Waals surface area contributed by atoms with Crippen molar-refractivity contribution >= 4 is 23.2 Å². The molecule has 0 aliphatic heterocycles. The van der Waals surface area contributed by atoms with Crippen molar-refractivity contribution in [1.82, 2.24) is 5.32 Å². The Labute approximate surface area is 116 Å². The first kappa shape index (κ1) is 12.1. The number of nitrogens with one attached hydrogen (secondary N) is 1. The zero-order chi connectivity index (χ0) is 12.5. The molecule has 1 aliphatic carbocycles. The highest BCUT2D eigenvalue weighted by molar-refractivity contribution is 6.42. The molecular formula is C14H13Cl2NO. The first-order valence-electron chi connectivity index (χ1n) is 6.00. The van der Waals surface area contributed by atoms with Gasteiger partial charge in [-0.15, -0.1) is 0 Å². The Bertz CT molecular complexity index is 561. The SMILES string of the molecule is Clc1ccc(-c2ccc(CNC3CC3)o2)cc1Cl. The largest absolute Gasteiger partial charge is 0.460 e. The summed E-state index contributed by atoms with van der Waals surface area (Å²) in [6.07, 6.45) is 2.56. The molecule has 1 fully saturated rings. The topological polar surface area (TPSA) is 25.2 Å². The van der Waals surface area contributed by atoms with Gasteiger partial charge in [0.05, 0.1) is 16.6 Å². The minimum Gasteiger partial charge on any atom is -0.460 e. The molecule has 1 saturated carbocycles. The second-order valence-corrected chi connectivity index (χ2v) is 5.36. The van der Waals surface area contributed by atoms with Crippen LogP contribution in [0.1, 0.15) is 18.6 Å². The molecule has 18 heavy (non-hydrogen) atoms. The van der Waals surface area contributed by atoms with E-state index >= 15 is 0 Å². The smallest absolute Gasteiger partial charge is 0.134 e. The van der Waals surface area contributed by atoms with Gasteiger partial charge < -0.3 is 9.73 Å². The predicted octanol–water partition coefficient (Wildman–Crippen LogP) is 4.51. The summed E-state index contributed by atoms with van der Waals surface area (Å²) in [6.45, 7) is 0.784. The summed E-state index contributed by atoms with van der Waals surface area (Å²) in [5.74, 6) is 1.77. The lowest BCUT2D eigenvalue weighted by Crippen LogP contribution is -2.14. The fraction of sp³-hybridized carbons (Fsp3) is 0.286. The van der Waals surface area contributed by atoms with Crippen LogP contribution in [0.3, 0.4) is 0 Å². The van der Waals surface area contributed by atoms with E-state index in [9.17, 15) is 0 Å². The summed E-state index contributed by atoms with van der Waals surface area (Å²) in [5, 5.41) is 4.52. The maximum Gasteiger partial charge on any atom is 0.134 e. The van der Waals surface area contributed by atoms with Gasteiger partial charge in [-0.3, -0.25) is 0 Å². The van der Waals surface area contributed by atoms with E-state index in [0.717, 1.165) is 23.6 Å². The third-order valence-corrected chi connectivity index (χ3v) is 3.75. The van der Waals surface area contributed by atoms with E-state index in [2.05, 4.69) is 5.32 Å². The minimum absolute atomic E-state index is 0.545. The number of furan rings is 1. The molecule has 1 aromatic carbocycles. The van der Waals surface area contributed by atoms with Gasteiger partial charge in [0.25, 0.3) is 0 Å². The van der Waals surface area contributed by atoms with Crippen LogP contribution in [0.2, 0.25) is 10.0 Å². The van der Waals surface area contributed by atoms with E-state index in [-0.39, 0.29) is 0 Å². The summed E-state index contributed by atoms with van der Waals surface area (Å²) >= 11 is 11.9. The van der Waals surface area contributed by atoms with Crippen LogP contribution >= 0.6 is 23.2 Å². The average Bonchev–Trinajstić information content (AvgIpc) is 3.08. The molecule has 2 nitrogen and oxygen atoms in total. The lowest BCUT2D eigenvalue weighted by atomic mass is 10.2. The van der Waals surface area contributed by atoms with E-state index in [1.807, 2.05) is 24.3 Å². The maximum atomic E-state index is 6.00. The Morgan fingerprint density at radius 3 is 2.67 bits per heavy atom. The third kappa shape index (κ3) is 2.72. The number of halogens is 2. The predicted molar refractivity (Wildman–Crippen MR) is 74.0 cm³/mol. The van der Waals surface area contributed by atoms with E-state index < -0.39 is 0 Å². The molecule has 0 atom stereocenters. The van der Waals surface area contributed by atoms with Crippen molar-refractivity contribution in [3.8, 4) is 11.3 Å². The third-order valence-electron chi connectivity index (χ3n) is 3.01. The average molecular weight is 282 g/mol. The van der Waals surface area contributed by atoms with Gasteiger partial charge in [0.15, 0.2) is 0 Å². The minimum atomic E-state index is 0.545. The highest BCUT2D eigenvalue weighted by Gasteiger charge is 2.20. The molecule has 3 rings (SSSR count). The van der Waals surface area contributed by atoms with Crippen LogP contribution in [0.5, 0.6) is 0 Å². The van der Waals surface area contributed by atoms with Crippen LogP contribution in [0.4, 0.5) is 0 Å². The first-order valence-corrected chi connectivity index (χ1v) is 6.75. The highest BCUT2D eigenvalue weighted by atomic mass is 35.5. The summed E-state index contributed by atoms with van der Waals surface area (Å²) in [4.78, 5) is 0. The standard InChI is InChI=1S/C14H13Cl2NO/c15-12-5-1-9(7-13(12)16)14-6-4-11(18-14)8-17-10-2-3-10/h1,4-7,10,17H,2-3,8H2. The van der Waals surface area contributed by atoms with Crippen LogP contribution in [-0.4, -0.2) is 6.04 Å². The van der Waals surface area contributed by atoms with Crippen molar-refractivity contribution in [2.45, 2.75) is 25.4 Å². The number of hydrogen-bond donors (Lipinski definition) is 1. The summed E-state index contributed by atoms with van der Waals surface area (Å²) < 4.78 is 5.78. The van der Waals surface area contributed by atoms with Crippen LogP contribution in [-0.2, 0) is 6.54 Å². The first-order chi connectivity index (χ1) is 8.72. The van der Waals surface area contributed by atoms with Gasteiger partial charge in [-0.1, -0.05) is 23.2 Å². The Kier molecular flexibility index (Phi) is 3.33. The Balaban J connectivity index is 1.76. The lowest BCUT2D eigenvalue weighted by molar-refractivity contribution is 0.492. The van der Waals surface area contributed by atoms with E-state index in [0.29, 0.717) is 16.1 Å². The fourth-order valence-corrected chi connectivity index (χ4v) is 2.11. The molecule has 2 aromatic rings. The van der Waals surface area contributed by atoms with Gasteiger partial charge in [-0.2, -0.15) is 0 Å². The molecule has 4 heteroatoms. The van der Waals surface area contributed by atoms with Gasteiger partial charge in [0.1, 0.15) is 11.5 Å². The van der Waals surface area contributed by atoms with Gasteiger partial charge in [0, 0.05) is 11.6 Å². The molecule has 1 aromatic heterocycles. The zero-order valence-corrected chi connectivity index (χ0v) is 11.3. The molecule has 0 saturated heterocycles. The molecule has 94 valence electrons. The zero-order valence-electron chi connectivity index (χ0n) is 9.75. The van der Waals surface area contributed by atoms with Crippen molar-refractivity contribution in [3.63, 3.8) is 0 Å². The van der Waals surface area contributed by atoms with Crippen molar-refractivity contribution in [2.24, 2.45) is 0 Å². The van der Waals surface area contributed by atoms with Gasteiger partial charge in [-0.25, -0.2) is 0 Å². The van der Waals surface area contributed by atoms with Crippen LogP contribution < -0.4 is 5.32 Å². The molecule has 0 amide bonds. The summed E-state index contributed by atoms with van der Waals surface area (Å²) in [6, 6.07) is 10.1. The van der Waals surface area contributed by atoms with Crippen molar-refractivity contribution < 1.29 is 4.42 Å². The van der Waals surface area contributed by atoms with Crippen LogP contribution in [0.15, 0.2) is 34.7 Å². The Hall–Kier alpha value is -0.960. The molecule has 1 aliphatic rings. The van der Waals surface area contributed by atoms with Crippen molar-refractivity contribution in [2.75, 3.05) is 0 Å². The van der Waals surface area contributed by atoms with Crippen molar-refractivity contribution in [3.05, 3.63) is 46.1 Å². The molecule has 0 spiro atoms. The highest BCUT2D eigenvalue weighted by Crippen LogP contribution is 2.29. The number of hydrogen-bond acceptors (Lipinski definition) is 2. The Morgan fingerprint density at radius 1 is 1.11 bits per heavy atom. The number of rotatable bonds is 4. The number of benzene rings is 1. The molecule has 0 bridgehead atoms. The fourth-order valence-electron chi connectivity index (χ4n) is 1.81. The van der Waals surface area contributed by atoms with Gasteiger partial charge in [0.2, 0.25) is 0 Å². The van der Waals surface area contributed by atoms with Gasteiger partial charge in [-0.05, 0) is 43.2 Å². The molecular weight excluding hydrogens is 269 g/mol. The second kappa shape index (κ2) is 4.96. The van der Waals surface area contributed by atoms with Crippen molar-refractivity contribution in [1.29, 1.82) is 0 Å². The molecule has 1 heterocycles. The van der Waals surface area contributed by atoms with Gasteiger partial charge >= 0.3 is 0 Å². The molecule has 0 unspecified atom stereocenters. The maximum absolute atomic E-state index is 6.00. The molecule has 0 radical (unpaired) electrons. The van der Waals surface area contributed by atoms with Crippen LogP contribution in [0.25, 0.3) is 11.3 Å².